The van der Waals surface area contributed by atoms with E-state index in [1.54, 1.807) is 0 Å². The normalized spacial score (nSPS) is 8.83. The second kappa shape index (κ2) is 4.32. The third-order valence-electron chi connectivity index (χ3n) is 1.05. The summed E-state index contributed by atoms with van der Waals surface area (Å²) in [6.45, 7) is 0.947. The van der Waals surface area contributed by atoms with E-state index in [-0.39, 0.29) is 12.5 Å². The van der Waals surface area contributed by atoms with Crippen LogP contribution in [0.1, 0.15) is 6.92 Å². The molecule has 0 aromatic rings. The fraction of sp³-hybridized carbons (Fsp3) is 0.500. The SMILES string of the molecule is CC(=O)NC(=N)N(C)CC(=O)O. The second-order valence-corrected chi connectivity index (χ2v) is 2.28. The number of carboxylic acid groups (broad SMARTS) is 1. The highest BCUT2D eigenvalue weighted by Crippen LogP contribution is 1.81. The van der Waals surface area contributed by atoms with Gasteiger partial charge in [0.05, 0.1) is 0 Å². The standard InChI is InChI=1S/C6H11N3O3/c1-4(10)8-6(7)9(2)3-5(11)12/h3H2,1-2H3,(H,11,12)(H2,7,8,10). The number of likely N-dealkylation sites (N-methyl/N-ethyl adjacent to an activating group) is 1. The highest BCUT2D eigenvalue weighted by molar-refractivity contribution is 5.95. The van der Waals surface area contributed by atoms with Crippen LogP contribution in [0.25, 0.3) is 0 Å². The summed E-state index contributed by atoms with van der Waals surface area (Å²) in [4.78, 5) is 21.7. The fourth-order valence-electron chi connectivity index (χ4n) is 0.544. The van der Waals surface area contributed by atoms with Crippen molar-refractivity contribution in [3.05, 3.63) is 0 Å². The van der Waals surface area contributed by atoms with E-state index in [0.717, 1.165) is 4.90 Å². The number of nitrogens with zero attached hydrogens (tertiary/aromatic N) is 1. The average molecular weight is 173 g/mol. The van der Waals surface area contributed by atoms with Crippen molar-refractivity contribution in [2.24, 2.45) is 0 Å². The van der Waals surface area contributed by atoms with Gasteiger partial charge in [-0.2, -0.15) is 0 Å². The van der Waals surface area contributed by atoms with E-state index in [0.29, 0.717) is 0 Å². The first-order valence-corrected chi connectivity index (χ1v) is 3.22. The first kappa shape index (κ1) is 10.4. The molecule has 0 radical (unpaired) electrons. The number of hydrogen-bond donors (Lipinski definition) is 3. The molecule has 0 aromatic heterocycles. The molecular weight excluding hydrogens is 162 g/mol. The van der Waals surface area contributed by atoms with Crippen molar-refractivity contribution >= 4 is 17.8 Å². The molecule has 0 atom stereocenters. The van der Waals surface area contributed by atoms with E-state index in [4.69, 9.17) is 10.5 Å². The second-order valence-electron chi connectivity index (χ2n) is 2.28. The third kappa shape index (κ3) is 4.26. The van der Waals surface area contributed by atoms with Crippen LogP contribution in [0.5, 0.6) is 0 Å². The van der Waals surface area contributed by atoms with Crippen LogP contribution in [0.15, 0.2) is 0 Å². The van der Waals surface area contributed by atoms with E-state index in [2.05, 4.69) is 5.32 Å². The van der Waals surface area contributed by atoms with Gasteiger partial charge >= 0.3 is 5.97 Å². The number of rotatable bonds is 2. The fourth-order valence-corrected chi connectivity index (χ4v) is 0.544. The Morgan fingerprint density at radius 1 is 1.58 bits per heavy atom. The van der Waals surface area contributed by atoms with Gasteiger partial charge in [-0.1, -0.05) is 0 Å². The molecule has 0 aliphatic rings. The van der Waals surface area contributed by atoms with E-state index in [9.17, 15) is 9.59 Å². The quantitative estimate of drug-likeness (QED) is 0.371. The summed E-state index contributed by atoms with van der Waals surface area (Å²) in [6, 6.07) is 0. The van der Waals surface area contributed by atoms with Gasteiger partial charge in [-0.25, -0.2) is 0 Å². The first-order chi connectivity index (χ1) is 5.43. The molecule has 0 saturated heterocycles. The summed E-state index contributed by atoms with van der Waals surface area (Å²) in [7, 11) is 1.41. The Bertz CT molecular complexity index is 214. The van der Waals surface area contributed by atoms with Gasteiger partial charge in [-0.3, -0.25) is 20.3 Å². The molecule has 0 aliphatic heterocycles. The van der Waals surface area contributed by atoms with Crippen molar-refractivity contribution in [1.82, 2.24) is 10.2 Å². The molecule has 0 fully saturated rings. The number of amides is 1. The van der Waals surface area contributed by atoms with Gasteiger partial charge in [0.15, 0.2) is 5.96 Å². The molecule has 0 heterocycles. The van der Waals surface area contributed by atoms with Gasteiger partial charge in [-0.15, -0.1) is 0 Å². The zero-order valence-corrected chi connectivity index (χ0v) is 6.92. The smallest absolute Gasteiger partial charge is 0.323 e. The largest absolute Gasteiger partial charge is 0.480 e. The summed E-state index contributed by atoms with van der Waals surface area (Å²) in [5.74, 6) is -1.66. The molecule has 68 valence electrons. The van der Waals surface area contributed by atoms with Crippen LogP contribution in [-0.2, 0) is 9.59 Å². The molecule has 0 unspecified atom stereocenters. The van der Waals surface area contributed by atoms with Gasteiger partial charge in [0.25, 0.3) is 0 Å². The highest BCUT2D eigenvalue weighted by Gasteiger charge is 2.08. The van der Waals surface area contributed by atoms with Crippen molar-refractivity contribution in [3.8, 4) is 0 Å². The van der Waals surface area contributed by atoms with E-state index < -0.39 is 11.9 Å². The molecule has 0 saturated carbocycles. The Morgan fingerprint density at radius 3 is 2.42 bits per heavy atom. The van der Waals surface area contributed by atoms with E-state index in [1.165, 1.54) is 14.0 Å². The minimum Gasteiger partial charge on any atom is -0.480 e. The van der Waals surface area contributed by atoms with Crippen LogP contribution in [0.2, 0.25) is 0 Å². The van der Waals surface area contributed by atoms with Crippen molar-refractivity contribution in [2.45, 2.75) is 6.92 Å². The Kier molecular flexibility index (Phi) is 3.75. The zero-order chi connectivity index (χ0) is 9.72. The van der Waals surface area contributed by atoms with E-state index >= 15 is 0 Å². The van der Waals surface area contributed by atoms with Crippen LogP contribution in [0.3, 0.4) is 0 Å². The molecule has 0 rings (SSSR count). The van der Waals surface area contributed by atoms with Gasteiger partial charge in [0, 0.05) is 14.0 Å². The number of carboxylic acids is 1. The average Bonchev–Trinajstić information content (AvgIpc) is 1.84. The minimum absolute atomic E-state index is 0.218. The lowest BCUT2D eigenvalue weighted by molar-refractivity contribution is -0.137. The van der Waals surface area contributed by atoms with Crippen molar-refractivity contribution in [1.29, 1.82) is 5.41 Å². The maximum Gasteiger partial charge on any atom is 0.323 e. The molecule has 1 amide bonds. The summed E-state index contributed by atoms with van der Waals surface area (Å²) in [6.07, 6.45) is 0. The zero-order valence-electron chi connectivity index (χ0n) is 6.92. The Balaban J connectivity index is 3.93. The van der Waals surface area contributed by atoms with Gasteiger partial charge in [-0.05, 0) is 0 Å². The Labute approximate surface area is 69.7 Å². The number of aliphatic carboxylic acids is 1. The topological polar surface area (TPSA) is 93.5 Å². The van der Waals surface area contributed by atoms with E-state index in [1.807, 2.05) is 0 Å². The molecule has 6 nitrogen and oxygen atoms in total. The lowest BCUT2D eigenvalue weighted by Gasteiger charge is -2.16. The molecule has 12 heavy (non-hydrogen) atoms. The molecule has 0 aliphatic carbocycles. The Hall–Kier alpha value is -1.59. The number of nitrogens with one attached hydrogen (secondary N) is 2. The highest BCUT2D eigenvalue weighted by atomic mass is 16.4. The van der Waals surface area contributed by atoms with Gasteiger partial charge < -0.3 is 10.0 Å². The van der Waals surface area contributed by atoms with Gasteiger partial charge in [0.2, 0.25) is 5.91 Å². The third-order valence-corrected chi connectivity index (χ3v) is 1.05. The van der Waals surface area contributed by atoms with Gasteiger partial charge in [0.1, 0.15) is 6.54 Å². The number of hydrogen-bond acceptors (Lipinski definition) is 3. The van der Waals surface area contributed by atoms with Crippen LogP contribution < -0.4 is 5.32 Å². The monoisotopic (exact) mass is 173 g/mol. The molecule has 0 aromatic carbocycles. The number of carbonyl (C=O) groups is 2. The summed E-state index contributed by atoms with van der Waals surface area (Å²) in [5.41, 5.74) is 0. The molecule has 6 heteroatoms. The molecule has 3 N–H and O–H groups in total. The van der Waals surface area contributed by atoms with Crippen LogP contribution in [-0.4, -0.2) is 41.4 Å². The Morgan fingerprint density at radius 2 is 2.08 bits per heavy atom. The summed E-state index contributed by atoms with van der Waals surface area (Å²) in [5, 5.41) is 17.6. The maximum absolute atomic E-state index is 10.4. The van der Waals surface area contributed by atoms with Crippen LogP contribution >= 0.6 is 0 Å². The molecule has 0 spiro atoms. The van der Waals surface area contributed by atoms with Crippen molar-refractivity contribution in [2.75, 3.05) is 13.6 Å². The maximum atomic E-state index is 10.4. The molecule has 0 bridgehead atoms. The lowest BCUT2D eigenvalue weighted by Crippen LogP contribution is -2.42. The first-order valence-electron chi connectivity index (χ1n) is 3.22. The summed E-state index contributed by atoms with van der Waals surface area (Å²) >= 11 is 0. The number of carbonyl (C=O) groups excluding carboxylic acids is 1. The predicted octanol–water partition coefficient (Wildman–Crippen LogP) is -0.926. The number of guanidine groups is 1. The lowest BCUT2D eigenvalue weighted by atomic mass is 10.5. The molecular formula is C6H11N3O3. The van der Waals surface area contributed by atoms with Crippen LogP contribution in [0, 0.1) is 5.41 Å². The van der Waals surface area contributed by atoms with Crippen molar-refractivity contribution in [3.63, 3.8) is 0 Å². The summed E-state index contributed by atoms with van der Waals surface area (Å²) < 4.78 is 0. The predicted molar refractivity (Wildman–Crippen MR) is 41.8 cm³/mol. The van der Waals surface area contributed by atoms with Crippen molar-refractivity contribution < 1.29 is 14.7 Å². The van der Waals surface area contributed by atoms with Crippen LogP contribution in [0.4, 0.5) is 0 Å². The minimum atomic E-state index is -1.05.